The topological polar surface area (TPSA) is 81.2 Å². The van der Waals surface area contributed by atoms with Gasteiger partial charge in [0.2, 0.25) is 5.91 Å². The van der Waals surface area contributed by atoms with E-state index in [0.717, 1.165) is 11.3 Å². The van der Waals surface area contributed by atoms with Crippen LogP contribution in [-0.2, 0) is 4.79 Å². The summed E-state index contributed by atoms with van der Waals surface area (Å²) in [6.45, 7) is 5.12. The van der Waals surface area contributed by atoms with E-state index in [9.17, 15) is 4.79 Å². The minimum absolute atomic E-state index is 0.225. The van der Waals surface area contributed by atoms with E-state index in [-0.39, 0.29) is 5.91 Å². The van der Waals surface area contributed by atoms with Crippen molar-refractivity contribution in [1.29, 1.82) is 0 Å². The second-order valence-electron chi connectivity index (χ2n) is 5.00. The SMILES string of the molecule is Cc1nc(-c2ccc(NC(=O)C(C)(C)N)cc2)co1. The first-order valence-corrected chi connectivity index (χ1v) is 5.99. The molecule has 0 aliphatic heterocycles. The number of oxazole rings is 1. The van der Waals surface area contributed by atoms with Crippen LogP contribution >= 0.6 is 0 Å². The summed E-state index contributed by atoms with van der Waals surface area (Å²) in [5, 5.41) is 2.76. The van der Waals surface area contributed by atoms with Gasteiger partial charge in [0.1, 0.15) is 12.0 Å². The van der Waals surface area contributed by atoms with Crippen LogP contribution in [0.4, 0.5) is 5.69 Å². The van der Waals surface area contributed by atoms with Gasteiger partial charge in [-0.05, 0) is 26.0 Å². The van der Waals surface area contributed by atoms with Gasteiger partial charge in [-0.3, -0.25) is 4.79 Å². The van der Waals surface area contributed by atoms with Crippen LogP contribution < -0.4 is 11.1 Å². The molecule has 1 heterocycles. The molecule has 1 amide bonds. The lowest BCUT2D eigenvalue weighted by molar-refractivity contribution is -0.120. The standard InChI is InChI=1S/C14H17N3O2/c1-9-16-12(8-19-9)10-4-6-11(7-5-10)17-13(18)14(2,3)15/h4-8H,15H2,1-3H3,(H,17,18). The van der Waals surface area contributed by atoms with Gasteiger partial charge in [-0.15, -0.1) is 0 Å². The van der Waals surface area contributed by atoms with Gasteiger partial charge in [-0.2, -0.15) is 0 Å². The van der Waals surface area contributed by atoms with Gasteiger partial charge in [0, 0.05) is 18.2 Å². The maximum Gasteiger partial charge on any atom is 0.243 e. The first-order valence-electron chi connectivity index (χ1n) is 5.99. The van der Waals surface area contributed by atoms with E-state index in [1.165, 1.54) is 0 Å². The molecule has 2 aromatic rings. The molecule has 5 heteroatoms. The Kier molecular flexibility index (Phi) is 3.40. The summed E-state index contributed by atoms with van der Waals surface area (Å²) in [5.74, 6) is 0.398. The Balaban J connectivity index is 2.13. The van der Waals surface area contributed by atoms with E-state index in [2.05, 4.69) is 10.3 Å². The molecule has 2 rings (SSSR count). The highest BCUT2D eigenvalue weighted by atomic mass is 16.3. The number of nitrogens with one attached hydrogen (secondary N) is 1. The molecule has 0 saturated heterocycles. The summed E-state index contributed by atoms with van der Waals surface area (Å²) in [4.78, 5) is 16.0. The molecule has 19 heavy (non-hydrogen) atoms. The van der Waals surface area contributed by atoms with Crippen LogP contribution in [0.2, 0.25) is 0 Å². The molecule has 0 aliphatic carbocycles. The number of carbonyl (C=O) groups is 1. The third-order valence-electron chi connectivity index (χ3n) is 2.64. The number of hydrogen-bond donors (Lipinski definition) is 2. The Morgan fingerprint density at radius 2 is 1.95 bits per heavy atom. The van der Waals surface area contributed by atoms with Gasteiger partial charge < -0.3 is 15.5 Å². The van der Waals surface area contributed by atoms with Gasteiger partial charge in [0.05, 0.1) is 5.54 Å². The molecule has 0 aliphatic rings. The molecule has 0 saturated carbocycles. The van der Waals surface area contributed by atoms with Crippen molar-refractivity contribution in [1.82, 2.24) is 4.98 Å². The second-order valence-corrected chi connectivity index (χ2v) is 5.00. The number of anilines is 1. The van der Waals surface area contributed by atoms with Crippen LogP contribution in [-0.4, -0.2) is 16.4 Å². The van der Waals surface area contributed by atoms with Gasteiger partial charge in [0.15, 0.2) is 5.89 Å². The number of amides is 1. The van der Waals surface area contributed by atoms with Crippen LogP contribution in [0, 0.1) is 6.92 Å². The number of nitrogens with two attached hydrogens (primary N) is 1. The molecule has 100 valence electrons. The van der Waals surface area contributed by atoms with Crippen LogP contribution in [0.5, 0.6) is 0 Å². The molecule has 5 nitrogen and oxygen atoms in total. The molecular weight excluding hydrogens is 242 g/mol. The third-order valence-corrected chi connectivity index (χ3v) is 2.64. The Morgan fingerprint density at radius 3 is 2.42 bits per heavy atom. The molecule has 1 aromatic heterocycles. The van der Waals surface area contributed by atoms with E-state index in [1.807, 2.05) is 24.3 Å². The third kappa shape index (κ3) is 3.20. The number of aromatic nitrogens is 1. The highest BCUT2D eigenvalue weighted by molar-refractivity contribution is 5.97. The predicted octanol–water partition coefficient (Wildman–Crippen LogP) is 2.33. The number of rotatable bonds is 3. The van der Waals surface area contributed by atoms with Crippen molar-refractivity contribution in [2.75, 3.05) is 5.32 Å². The number of benzene rings is 1. The van der Waals surface area contributed by atoms with Crippen molar-refractivity contribution < 1.29 is 9.21 Å². The molecule has 0 spiro atoms. The summed E-state index contributed by atoms with van der Waals surface area (Å²) >= 11 is 0. The fourth-order valence-electron chi connectivity index (χ4n) is 1.51. The van der Waals surface area contributed by atoms with Crippen LogP contribution in [0.3, 0.4) is 0 Å². The molecule has 1 aromatic carbocycles. The molecule has 0 bridgehead atoms. The van der Waals surface area contributed by atoms with Crippen molar-refractivity contribution in [2.45, 2.75) is 26.3 Å². The van der Waals surface area contributed by atoms with Crippen LogP contribution in [0.25, 0.3) is 11.3 Å². The smallest absolute Gasteiger partial charge is 0.243 e. The molecule has 0 radical (unpaired) electrons. The quantitative estimate of drug-likeness (QED) is 0.886. The molecule has 0 fully saturated rings. The summed E-state index contributed by atoms with van der Waals surface area (Å²) in [6, 6.07) is 7.36. The fourth-order valence-corrected chi connectivity index (χ4v) is 1.51. The predicted molar refractivity (Wildman–Crippen MR) is 73.6 cm³/mol. The highest BCUT2D eigenvalue weighted by Gasteiger charge is 2.21. The minimum Gasteiger partial charge on any atom is -0.449 e. The summed E-state index contributed by atoms with van der Waals surface area (Å²) in [6.07, 6.45) is 1.60. The first kappa shape index (κ1) is 13.3. The van der Waals surface area contributed by atoms with E-state index in [0.29, 0.717) is 11.6 Å². The maximum absolute atomic E-state index is 11.7. The van der Waals surface area contributed by atoms with Crippen molar-refractivity contribution in [3.8, 4) is 11.3 Å². The Hall–Kier alpha value is -2.14. The van der Waals surface area contributed by atoms with Crippen molar-refractivity contribution in [3.05, 3.63) is 36.4 Å². The van der Waals surface area contributed by atoms with E-state index < -0.39 is 5.54 Å². The lowest BCUT2D eigenvalue weighted by Gasteiger charge is -2.17. The van der Waals surface area contributed by atoms with Gasteiger partial charge >= 0.3 is 0 Å². The molecule has 3 N–H and O–H groups in total. The summed E-state index contributed by atoms with van der Waals surface area (Å²) in [5.41, 5.74) is 7.22. The summed E-state index contributed by atoms with van der Waals surface area (Å²) in [7, 11) is 0. The van der Waals surface area contributed by atoms with E-state index >= 15 is 0 Å². The van der Waals surface area contributed by atoms with Crippen molar-refractivity contribution in [3.63, 3.8) is 0 Å². The zero-order valence-electron chi connectivity index (χ0n) is 11.2. The fraction of sp³-hybridized carbons (Fsp3) is 0.286. The lowest BCUT2D eigenvalue weighted by atomic mass is 10.1. The van der Waals surface area contributed by atoms with Crippen LogP contribution in [0.1, 0.15) is 19.7 Å². The Labute approximate surface area is 111 Å². The normalized spacial score (nSPS) is 11.4. The van der Waals surface area contributed by atoms with Crippen molar-refractivity contribution >= 4 is 11.6 Å². The zero-order chi connectivity index (χ0) is 14.0. The maximum atomic E-state index is 11.7. The molecule has 0 unspecified atom stereocenters. The Morgan fingerprint density at radius 1 is 1.32 bits per heavy atom. The Bertz CT molecular complexity index is 579. The minimum atomic E-state index is -0.901. The lowest BCUT2D eigenvalue weighted by Crippen LogP contribution is -2.45. The number of aryl methyl sites for hydroxylation is 1. The average molecular weight is 259 g/mol. The number of nitrogens with zero attached hydrogens (tertiary/aromatic N) is 1. The van der Waals surface area contributed by atoms with E-state index in [1.54, 1.807) is 27.0 Å². The average Bonchev–Trinajstić information content (AvgIpc) is 2.75. The molecule has 0 atom stereocenters. The van der Waals surface area contributed by atoms with Gasteiger partial charge in [-0.25, -0.2) is 4.98 Å². The van der Waals surface area contributed by atoms with Gasteiger partial charge in [0.25, 0.3) is 0 Å². The largest absolute Gasteiger partial charge is 0.449 e. The van der Waals surface area contributed by atoms with E-state index in [4.69, 9.17) is 10.2 Å². The first-order chi connectivity index (χ1) is 8.86. The summed E-state index contributed by atoms with van der Waals surface area (Å²) < 4.78 is 5.16. The highest BCUT2D eigenvalue weighted by Crippen LogP contribution is 2.21. The number of carbonyl (C=O) groups excluding carboxylic acids is 1. The molecular formula is C14H17N3O2. The van der Waals surface area contributed by atoms with Gasteiger partial charge in [-0.1, -0.05) is 12.1 Å². The monoisotopic (exact) mass is 259 g/mol. The van der Waals surface area contributed by atoms with Crippen molar-refractivity contribution in [2.24, 2.45) is 5.73 Å². The zero-order valence-corrected chi connectivity index (χ0v) is 11.2. The number of hydrogen-bond acceptors (Lipinski definition) is 4. The second kappa shape index (κ2) is 4.85. The van der Waals surface area contributed by atoms with Crippen LogP contribution in [0.15, 0.2) is 34.9 Å².